The average molecular weight is 588 g/mol. The van der Waals surface area contributed by atoms with E-state index in [1.807, 2.05) is 81.6 Å². The van der Waals surface area contributed by atoms with Gasteiger partial charge < -0.3 is 19.9 Å². The van der Waals surface area contributed by atoms with E-state index in [0.717, 1.165) is 39.5 Å². The minimum atomic E-state index is -0.752. The van der Waals surface area contributed by atoms with E-state index in [-0.39, 0.29) is 6.61 Å². The van der Waals surface area contributed by atoms with Crippen LogP contribution in [0.1, 0.15) is 44.7 Å². The Morgan fingerprint density at radius 2 is 1.74 bits per heavy atom. The van der Waals surface area contributed by atoms with E-state index in [4.69, 9.17) is 21.1 Å². The number of rotatable bonds is 13. The quantitative estimate of drug-likeness (QED) is 0.211. The summed E-state index contributed by atoms with van der Waals surface area (Å²) in [6.45, 7) is 5.83. The van der Waals surface area contributed by atoms with E-state index in [0.29, 0.717) is 23.8 Å². The van der Waals surface area contributed by atoms with Gasteiger partial charge in [-0.3, -0.25) is 0 Å². The fourth-order valence-electron chi connectivity index (χ4n) is 4.05. The highest BCUT2D eigenvalue weighted by Crippen LogP contribution is 2.33. The van der Waals surface area contributed by atoms with Crippen molar-refractivity contribution < 1.29 is 19.4 Å². The highest BCUT2D eigenvalue weighted by atomic mass is 35.5. The van der Waals surface area contributed by atoms with Gasteiger partial charge in [-0.25, -0.2) is 4.79 Å². The van der Waals surface area contributed by atoms with Gasteiger partial charge in [0.2, 0.25) is 0 Å². The summed E-state index contributed by atoms with van der Waals surface area (Å²) in [5.41, 5.74) is 0.809. The fourth-order valence-corrected chi connectivity index (χ4v) is 6.15. The van der Waals surface area contributed by atoms with Crippen molar-refractivity contribution >= 4 is 41.2 Å². The number of halogens is 1. The molecule has 8 heteroatoms. The Bertz CT molecular complexity index is 1200. The standard InChI is InChI=1S/C31H38ClNO4S2/c1-30(2,3)37-29(35)33-31(21-34,22-38-4)17-9-12-24-15-16-27(19-28(24)32)39-26-14-8-13-25(18-26)36-20-23-10-6-5-7-11-23/h5-8,10-11,13-16,18-19,34H,9,12,17,20-22H2,1-4H3,(H,33,35). The molecule has 1 atom stereocenters. The molecule has 0 saturated heterocycles. The second kappa shape index (κ2) is 14.9. The predicted octanol–water partition coefficient (Wildman–Crippen LogP) is 8.01. The normalized spacial score (nSPS) is 13.0. The third kappa shape index (κ3) is 10.6. The van der Waals surface area contributed by atoms with Crippen LogP contribution in [0.25, 0.3) is 0 Å². The third-order valence-corrected chi connectivity index (χ3v) is 8.08. The van der Waals surface area contributed by atoms with Crippen molar-refractivity contribution in [3.05, 3.63) is 88.9 Å². The molecule has 0 fully saturated rings. The van der Waals surface area contributed by atoms with Gasteiger partial charge >= 0.3 is 6.09 Å². The molecule has 3 aromatic rings. The molecule has 1 amide bonds. The third-order valence-electron chi connectivity index (χ3n) is 5.90. The van der Waals surface area contributed by atoms with Gasteiger partial charge in [0.25, 0.3) is 0 Å². The number of hydrogen-bond acceptors (Lipinski definition) is 6. The van der Waals surface area contributed by atoms with Crippen LogP contribution in [0, 0.1) is 0 Å². The van der Waals surface area contributed by atoms with Crippen molar-refractivity contribution in [2.45, 2.75) is 67.6 Å². The second-order valence-electron chi connectivity index (χ2n) is 10.5. The zero-order valence-electron chi connectivity index (χ0n) is 23.0. The zero-order valence-corrected chi connectivity index (χ0v) is 25.4. The molecule has 210 valence electrons. The van der Waals surface area contributed by atoms with Crippen molar-refractivity contribution in [3.8, 4) is 5.75 Å². The number of carbonyl (C=O) groups is 1. The summed E-state index contributed by atoms with van der Waals surface area (Å²) in [5.74, 6) is 1.41. The SMILES string of the molecule is CSCC(CO)(CCCc1ccc(Sc2cccc(OCc3ccccc3)c2)cc1Cl)NC(=O)OC(C)(C)C. The topological polar surface area (TPSA) is 67.8 Å². The molecule has 0 saturated carbocycles. The number of alkyl carbamates (subject to hydrolysis) is 1. The lowest BCUT2D eigenvalue weighted by atomic mass is 9.94. The number of nitrogens with one attached hydrogen (secondary N) is 1. The Labute approximate surface area is 246 Å². The Morgan fingerprint density at radius 1 is 1.00 bits per heavy atom. The van der Waals surface area contributed by atoms with Crippen LogP contribution >= 0.6 is 35.1 Å². The fraction of sp³-hybridized carbons (Fsp3) is 0.387. The van der Waals surface area contributed by atoms with Gasteiger partial charge in [0.05, 0.1) is 12.1 Å². The largest absolute Gasteiger partial charge is 0.489 e. The lowest BCUT2D eigenvalue weighted by Crippen LogP contribution is -2.54. The molecular formula is C31H38ClNO4S2. The molecule has 0 aliphatic rings. The molecule has 0 aliphatic carbocycles. The van der Waals surface area contributed by atoms with Gasteiger partial charge in [-0.05, 0) is 87.7 Å². The predicted molar refractivity (Wildman–Crippen MR) is 163 cm³/mol. The molecule has 0 bridgehead atoms. The van der Waals surface area contributed by atoms with Gasteiger partial charge in [-0.15, -0.1) is 0 Å². The molecule has 0 radical (unpaired) electrons. The number of hydrogen-bond donors (Lipinski definition) is 2. The first kappa shape index (κ1) is 31.2. The number of aliphatic hydroxyl groups excluding tert-OH is 1. The summed E-state index contributed by atoms with van der Waals surface area (Å²) in [6.07, 6.45) is 3.54. The lowest BCUT2D eigenvalue weighted by molar-refractivity contribution is 0.0409. The van der Waals surface area contributed by atoms with Gasteiger partial charge in [0.1, 0.15) is 18.0 Å². The molecule has 0 spiro atoms. The number of amides is 1. The average Bonchev–Trinajstić information content (AvgIpc) is 2.88. The molecule has 5 nitrogen and oxygen atoms in total. The first-order valence-corrected chi connectivity index (χ1v) is 15.5. The molecule has 0 aliphatic heterocycles. The number of aliphatic hydroxyl groups is 1. The van der Waals surface area contributed by atoms with Crippen molar-refractivity contribution in [1.82, 2.24) is 5.32 Å². The van der Waals surface area contributed by atoms with Crippen LogP contribution in [0.2, 0.25) is 5.02 Å². The van der Waals surface area contributed by atoms with Crippen molar-refractivity contribution in [3.63, 3.8) is 0 Å². The number of ether oxygens (including phenoxy) is 2. The first-order valence-electron chi connectivity index (χ1n) is 13.0. The van der Waals surface area contributed by atoms with Gasteiger partial charge in [0, 0.05) is 20.6 Å². The Morgan fingerprint density at radius 3 is 2.41 bits per heavy atom. The Hall–Kier alpha value is -2.32. The lowest BCUT2D eigenvalue weighted by Gasteiger charge is -2.33. The summed E-state index contributed by atoms with van der Waals surface area (Å²) in [7, 11) is 0. The maximum absolute atomic E-state index is 12.4. The van der Waals surface area contributed by atoms with Crippen LogP contribution < -0.4 is 10.1 Å². The second-order valence-corrected chi connectivity index (χ2v) is 12.9. The van der Waals surface area contributed by atoms with Crippen LogP contribution in [-0.2, 0) is 17.8 Å². The van der Waals surface area contributed by atoms with Crippen LogP contribution in [0.3, 0.4) is 0 Å². The number of thioether (sulfide) groups is 1. The van der Waals surface area contributed by atoms with E-state index in [9.17, 15) is 9.90 Å². The molecule has 0 aromatic heterocycles. The van der Waals surface area contributed by atoms with Gasteiger partial charge in [0.15, 0.2) is 0 Å². The molecule has 3 aromatic carbocycles. The summed E-state index contributed by atoms with van der Waals surface area (Å²) < 4.78 is 11.4. The Kier molecular flexibility index (Phi) is 11.9. The number of aryl methyl sites for hydroxylation is 1. The molecule has 3 rings (SSSR count). The van der Waals surface area contributed by atoms with Crippen LogP contribution in [0.15, 0.2) is 82.6 Å². The highest BCUT2D eigenvalue weighted by molar-refractivity contribution is 7.99. The van der Waals surface area contributed by atoms with E-state index >= 15 is 0 Å². The molecular weight excluding hydrogens is 550 g/mol. The van der Waals surface area contributed by atoms with Crippen molar-refractivity contribution in [2.75, 3.05) is 18.6 Å². The van der Waals surface area contributed by atoms with Crippen molar-refractivity contribution in [1.29, 1.82) is 0 Å². The monoisotopic (exact) mass is 587 g/mol. The summed E-state index contributed by atoms with van der Waals surface area (Å²) in [5, 5.41) is 13.8. The number of carbonyl (C=O) groups excluding carboxylic acids is 1. The smallest absolute Gasteiger partial charge is 0.408 e. The molecule has 2 N–H and O–H groups in total. The minimum absolute atomic E-state index is 0.162. The number of benzene rings is 3. The maximum Gasteiger partial charge on any atom is 0.408 e. The molecule has 1 unspecified atom stereocenters. The minimum Gasteiger partial charge on any atom is -0.489 e. The first-order chi connectivity index (χ1) is 18.6. The summed E-state index contributed by atoms with van der Waals surface area (Å²) >= 11 is 9.88. The summed E-state index contributed by atoms with van der Waals surface area (Å²) in [6, 6.07) is 24.3. The zero-order chi connectivity index (χ0) is 28.3. The summed E-state index contributed by atoms with van der Waals surface area (Å²) in [4.78, 5) is 14.5. The molecule has 0 heterocycles. The van der Waals surface area contributed by atoms with Crippen molar-refractivity contribution in [2.24, 2.45) is 0 Å². The maximum atomic E-state index is 12.4. The molecule has 39 heavy (non-hydrogen) atoms. The van der Waals surface area contributed by atoms with E-state index in [2.05, 4.69) is 23.5 Å². The van der Waals surface area contributed by atoms with Gasteiger partial charge in [-0.1, -0.05) is 65.8 Å². The van der Waals surface area contributed by atoms with Gasteiger partial charge in [-0.2, -0.15) is 11.8 Å². The van der Waals surface area contributed by atoms with E-state index < -0.39 is 17.2 Å². The Balaban J connectivity index is 1.57. The highest BCUT2D eigenvalue weighted by Gasteiger charge is 2.32. The van der Waals surface area contributed by atoms with Crippen LogP contribution in [0.4, 0.5) is 4.79 Å². The van der Waals surface area contributed by atoms with E-state index in [1.54, 1.807) is 23.5 Å². The van der Waals surface area contributed by atoms with E-state index in [1.165, 1.54) is 0 Å². The van der Waals surface area contributed by atoms with Crippen LogP contribution in [0.5, 0.6) is 5.75 Å². The van der Waals surface area contributed by atoms with Crippen LogP contribution in [-0.4, -0.2) is 41.0 Å².